The molecular formula is C30H36ClN3O5S. The summed E-state index contributed by atoms with van der Waals surface area (Å²) < 4.78 is 34.8. The van der Waals surface area contributed by atoms with Crippen molar-refractivity contribution in [3.8, 4) is 5.75 Å². The first kappa shape index (κ1) is 31.0. The highest BCUT2D eigenvalue weighted by atomic mass is 35.5. The average molecular weight is 586 g/mol. The second-order valence-corrected chi connectivity index (χ2v) is 11.3. The zero-order valence-corrected chi connectivity index (χ0v) is 24.6. The first-order chi connectivity index (χ1) is 19.2. The van der Waals surface area contributed by atoms with E-state index in [9.17, 15) is 18.0 Å². The topological polar surface area (TPSA) is 96.0 Å². The lowest BCUT2D eigenvalue weighted by Crippen LogP contribution is -2.53. The van der Waals surface area contributed by atoms with E-state index in [0.29, 0.717) is 36.8 Å². The number of benzene rings is 3. The average Bonchev–Trinajstić information content (AvgIpc) is 2.95. The number of hydrogen-bond acceptors (Lipinski definition) is 5. The zero-order chi connectivity index (χ0) is 29.1. The molecule has 1 N–H and O–H groups in total. The molecule has 0 saturated carbocycles. The summed E-state index contributed by atoms with van der Waals surface area (Å²) in [5.74, 6) is -0.465. The van der Waals surface area contributed by atoms with Gasteiger partial charge in [-0.05, 0) is 68.7 Å². The number of hydrogen-bond donors (Lipinski definition) is 1. The Morgan fingerprint density at radius 2 is 1.57 bits per heavy atom. The van der Waals surface area contributed by atoms with Gasteiger partial charge < -0.3 is 15.0 Å². The number of nitrogens with zero attached hydrogens (tertiary/aromatic N) is 2. The number of para-hydroxylation sites is 2. The number of sulfonamides is 1. The van der Waals surface area contributed by atoms with E-state index in [1.807, 2.05) is 44.2 Å². The van der Waals surface area contributed by atoms with Gasteiger partial charge in [0, 0.05) is 18.1 Å². The molecule has 0 fully saturated rings. The molecule has 1 atom stereocenters. The molecule has 3 rings (SSSR count). The molecule has 2 amide bonds. The molecule has 0 bridgehead atoms. The van der Waals surface area contributed by atoms with Crippen LogP contribution in [0, 0.1) is 0 Å². The highest BCUT2D eigenvalue weighted by molar-refractivity contribution is 7.92. The Morgan fingerprint density at radius 1 is 0.925 bits per heavy atom. The van der Waals surface area contributed by atoms with Gasteiger partial charge in [-0.2, -0.15) is 0 Å². The standard InChI is InChI=1S/C30H36ClN3O5S/c1-4-26(30(36)32-5-2)33(21-20-23-12-8-7-9-13-23)29(35)22-34(27-14-10-11-15-28(27)39-6-3)40(37,38)25-18-16-24(31)17-19-25/h7-19,26H,4-6,20-22H2,1-3H3,(H,32,36)/t26-/m0/s1. The Bertz CT molecular complexity index is 1370. The van der Waals surface area contributed by atoms with Crippen LogP contribution < -0.4 is 14.4 Å². The number of rotatable bonds is 14. The minimum absolute atomic E-state index is 0.0254. The largest absolute Gasteiger partial charge is 0.492 e. The molecule has 0 saturated heterocycles. The first-order valence-electron chi connectivity index (χ1n) is 13.3. The fourth-order valence-electron chi connectivity index (χ4n) is 4.38. The van der Waals surface area contributed by atoms with Gasteiger partial charge in [-0.15, -0.1) is 0 Å². The van der Waals surface area contributed by atoms with Crippen molar-refractivity contribution < 1.29 is 22.7 Å². The smallest absolute Gasteiger partial charge is 0.264 e. The number of amides is 2. The summed E-state index contributed by atoms with van der Waals surface area (Å²) in [6.07, 6.45) is 0.869. The maximum absolute atomic E-state index is 14.0. The van der Waals surface area contributed by atoms with E-state index in [2.05, 4.69) is 5.32 Å². The second-order valence-electron chi connectivity index (χ2n) is 9.01. The molecule has 0 aliphatic heterocycles. The summed E-state index contributed by atoms with van der Waals surface area (Å²) >= 11 is 6.02. The summed E-state index contributed by atoms with van der Waals surface area (Å²) in [6.45, 7) is 5.86. The molecule has 0 heterocycles. The fourth-order valence-corrected chi connectivity index (χ4v) is 5.93. The van der Waals surface area contributed by atoms with Crippen LogP contribution in [0.4, 0.5) is 5.69 Å². The van der Waals surface area contributed by atoms with Crippen LogP contribution in [0.1, 0.15) is 32.8 Å². The van der Waals surface area contributed by atoms with Crippen molar-refractivity contribution in [1.82, 2.24) is 10.2 Å². The highest BCUT2D eigenvalue weighted by Crippen LogP contribution is 2.33. The van der Waals surface area contributed by atoms with E-state index in [0.717, 1.165) is 9.87 Å². The number of nitrogens with one attached hydrogen (secondary N) is 1. The molecule has 0 unspecified atom stereocenters. The van der Waals surface area contributed by atoms with Gasteiger partial charge in [0.15, 0.2) is 0 Å². The molecule has 3 aromatic carbocycles. The predicted octanol–water partition coefficient (Wildman–Crippen LogP) is 4.92. The minimum atomic E-state index is -4.22. The molecule has 8 nitrogen and oxygen atoms in total. The third-order valence-electron chi connectivity index (χ3n) is 6.34. The van der Waals surface area contributed by atoms with Crippen molar-refractivity contribution in [3.05, 3.63) is 89.4 Å². The van der Waals surface area contributed by atoms with Crippen LogP contribution in [0.2, 0.25) is 5.02 Å². The monoisotopic (exact) mass is 585 g/mol. The molecule has 0 aliphatic carbocycles. The van der Waals surface area contributed by atoms with Crippen molar-refractivity contribution in [3.63, 3.8) is 0 Å². The molecule has 0 aliphatic rings. The van der Waals surface area contributed by atoms with Crippen LogP contribution in [0.25, 0.3) is 0 Å². The molecule has 0 radical (unpaired) electrons. The number of likely N-dealkylation sites (N-methyl/N-ethyl adjacent to an activating group) is 1. The van der Waals surface area contributed by atoms with Crippen molar-refractivity contribution in [2.45, 2.75) is 44.6 Å². The van der Waals surface area contributed by atoms with Crippen molar-refractivity contribution in [2.24, 2.45) is 0 Å². The number of anilines is 1. The van der Waals surface area contributed by atoms with Gasteiger partial charge in [0.1, 0.15) is 18.3 Å². The lowest BCUT2D eigenvalue weighted by atomic mass is 10.1. The third-order valence-corrected chi connectivity index (χ3v) is 8.36. The molecule has 3 aromatic rings. The van der Waals surface area contributed by atoms with Crippen LogP contribution in [0.5, 0.6) is 5.75 Å². The van der Waals surface area contributed by atoms with Crippen molar-refractivity contribution in [1.29, 1.82) is 0 Å². The minimum Gasteiger partial charge on any atom is -0.492 e. The Hall–Kier alpha value is -3.56. The van der Waals surface area contributed by atoms with E-state index < -0.39 is 28.5 Å². The van der Waals surface area contributed by atoms with Gasteiger partial charge in [0.05, 0.1) is 17.2 Å². The molecular weight excluding hydrogens is 550 g/mol. The Morgan fingerprint density at radius 3 is 2.20 bits per heavy atom. The SMILES string of the molecule is CCNC(=O)[C@H](CC)N(CCc1ccccc1)C(=O)CN(c1ccccc1OCC)S(=O)(=O)c1ccc(Cl)cc1. The Balaban J connectivity index is 2.05. The van der Waals surface area contributed by atoms with Gasteiger partial charge in [0.25, 0.3) is 10.0 Å². The van der Waals surface area contributed by atoms with E-state index >= 15 is 0 Å². The zero-order valence-electron chi connectivity index (χ0n) is 23.0. The number of carbonyl (C=O) groups excluding carboxylic acids is 2. The maximum atomic E-state index is 14.0. The number of halogens is 1. The van der Waals surface area contributed by atoms with Gasteiger partial charge >= 0.3 is 0 Å². The van der Waals surface area contributed by atoms with Crippen LogP contribution in [0.3, 0.4) is 0 Å². The summed E-state index contributed by atoms with van der Waals surface area (Å²) in [5.41, 5.74) is 1.22. The number of ether oxygens (including phenoxy) is 1. The van der Waals surface area contributed by atoms with Crippen LogP contribution in [-0.2, 0) is 26.0 Å². The lowest BCUT2D eigenvalue weighted by molar-refractivity contribution is -0.139. The van der Waals surface area contributed by atoms with Gasteiger partial charge in [-0.3, -0.25) is 13.9 Å². The van der Waals surface area contributed by atoms with Gasteiger partial charge in [-0.1, -0.05) is 61.0 Å². The molecule has 0 spiro atoms. The molecule has 40 heavy (non-hydrogen) atoms. The predicted molar refractivity (Wildman–Crippen MR) is 158 cm³/mol. The fraction of sp³-hybridized carbons (Fsp3) is 0.333. The van der Waals surface area contributed by atoms with Crippen molar-refractivity contribution >= 4 is 39.1 Å². The van der Waals surface area contributed by atoms with Crippen LogP contribution >= 0.6 is 11.6 Å². The van der Waals surface area contributed by atoms with E-state index in [4.69, 9.17) is 16.3 Å². The van der Waals surface area contributed by atoms with E-state index in [1.165, 1.54) is 29.2 Å². The maximum Gasteiger partial charge on any atom is 0.264 e. The van der Waals surface area contributed by atoms with E-state index in [-0.39, 0.29) is 23.0 Å². The molecule has 0 aromatic heterocycles. The third kappa shape index (κ3) is 7.76. The van der Waals surface area contributed by atoms with Crippen LogP contribution in [0.15, 0.2) is 83.8 Å². The van der Waals surface area contributed by atoms with E-state index in [1.54, 1.807) is 31.2 Å². The number of carbonyl (C=O) groups is 2. The summed E-state index contributed by atoms with van der Waals surface area (Å²) in [4.78, 5) is 28.5. The Labute approximate surface area is 241 Å². The highest BCUT2D eigenvalue weighted by Gasteiger charge is 2.34. The second kappa shape index (κ2) is 14.7. The summed E-state index contributed by atoms with van der Waals surface area (Å²) in [6, 6.07) is 21.3. The molecule has 214 valence electrons. The summed E-state index contributed by atoms with van der Waals surface area (Å²) in [7, 11) is -4.22. The Kier molecular flexibility index (Phi) is 11.4. The van der Waals surface area contributed by atoms with Crippen LogP contribution in [-0.4, -0.2) is 57.4 Å². The quantitative estimate of drug-likeness (QED) is 0.290. The summed E-state index contributed by atoms with van der Waals surface area (Å²) in [5, 5.41) is 3.19. The lowest BCUT2D eigenvalue weighted by Gasteiger charge is -2.33. The first-order valence-corrected chi connectivity index (χ1v) is 15.2. The van der Waals surface area contributed by atoms with Gasteiger partial charge in [0.2, 0.25) is 11.8 Å². The van der Waals surface area contributed by atoms with Gasteiger partial charge in [-0.25, -0.2) is 8.42 Å². The normalized spacial score (nSPS) is 11.9. The van der Waals surface area contributed by atoms with Crippen molar-refractivity contribution in [2.75, 3.05) is 30.5 Å². The molecule has 10 heteroatoms.